The van der Waals surface area contributed by atoms with Gasteiger partial charge >= 0.3 is 6.18 Å². The highest BCUT2D eigenvalue weighted by Crippen LogP contribution is 2.30. The molecule has 0 radical (unpaired) electrons. The standard InChI is InChI=1S/C12H11ClF3N5/c13-5-8-1-2-9(17-6-8)20-3-4-21-10(7-20)18-19-11(21)12(14,15)16/h1-2,6H,3-5,7H2. The zero-order valence-electron chi connectivity index (χ0n) is 10.8. The van der Waals surface area contributed by atoms with Gasteiger partial charge in [0.1, 0.15) is 5.82 Å². The van der Waals surface area contributed by atoms with Gasteiger partial charge in [-0.05, 0) is 11.6 Å². The fourth-order valence-corrected chi connectivity index (χ4v) is 2.40. The molecule has 0 bridgehead atoms. The van der Waals surface area contributed by atoms with Crippen molar-refractivity contribution in [2.75, 3.05) is 11.4 Å². The summed E-state index contributed by atoms with van der Waals surface area (Å²) in [5, 5.41) is 6.88. The highest BCUT2D eigenvalue weighted by atomic mass is 35.5. The quantitative estimate of drug-likeness (QED) is 0.798. The Kier molecular flexibility index (Phi) is 3.48. The summed E-state index contributed by atoms with van der Waals surface area (Å²) < 4.78 is 39.4. The Morgan fingerprint density at radius 3 is 2.62 bits per heavy atom. The van der Waals surface area contributed by atoms with Gasteiger partial charge in [-0.1, -0.05) is 6.07 Å². The summed E-state index contributed by atoms with van der Waals surface area (Å²) in [5.41, 5.74) is 0.889. The fraction of sp³-hybridized carbons (Fsp3) is 0.417. The van der Waals surface area contributed by atoms with Crippen LogP contribution in [0.2, 0.25) is 0 Å². The lowest BCUT2D eigenvalue weighted by Gasteiger charge is -2.28. The Bertz CT molecular complexity index is 637. The van der Waals surface area contributed by atoms with Crippen molar-refractivity contribution in [2.24, 2.45) is 0 Å². The summed E-state index contributed by atoms with van der Waals surface area (Å²) in [7, 11) is 0. The van der Waals surface area contributed by atoms with Gasteiger partial charge in [0, 0.05) is 25.2 Å². The smallest absolute Gasteiger partial charge is 0.347 e. The second-order valence-electron chi connectivity index (χ2n) is 4.67. The van der Waals surface area contributed by atoms with E-state index >= 15 is 0 Å². The van der Waals surface area contributed by atoms with Gasteiger partial charge in [0.2, 0.25) is 5.82 Å². The van der Waals surface area contributed by atoms with Crippen molar-refractivity contribution in [3.63, 3.8) is 0 Å². The summed E-state index contributed by atoms with van der Waals surface area (Å²) in [6.07, 6.45) is -2.82. The lowest BCUT2D eigenvalue weighted by atomic mass is 10.3. The first-order chi connectivity index (χ1) is 9.99. The van der Waals surface area contributed by atoms with E-state index in [0.717, 1.165) is 10.1 Å². The number of hydrogen-bond acceptors (Lipinski definition) is 4. The van der Waals surface area contributed by atoms with Crippen LogP contribution in [0.1, 0.15) is 17.2 Å². The second-order valence-corrected chi connectivity index (χ2v) is 4.94. The first kappa shape index (κ1) is 14.1. The third-order valence-corrected chi connectivity index (χ3v) is 3.60. The topological polar surface area (TPSA) is 46.8 Å². The first-order valence-electron chi connectivity index (χ1n) is 6.24. The fourth-order valence-electron chi connectivity index (χ4n) is 2.25. The van der Waals surface area contributed by atoms with Crippen LogP contribution in [-0.2, 0) is 25.1 Å². The number of rotatable bonds is 2. The number of aromatic nitrogens is 4. The third kappa shape index (κ3) is 2.67. The normalized spacial score (nSPS) is 15.1. The molecule has 3 rings (SSSR count). The molecule has 0 amide bonds. The van der Waals surface area contributed by atoms with Crippen molar-refractivity contribution in [2.45, 2.75) is 25.1 Å². The summed E-state index contributed by atoms with van der Waals surface area (Å²) in [6, 6.07) is 3.64. The minimum Gasteiger partial charge on any atom is -0.347 e. The van der Waals surface area contributed by atoms with E-state index in [9.17, 15) is 13.2 Å². The highest BCUT2D eigenvalue weighted by molar-refractivity contribution is 6.17. The Hall–Kier alpha value is -1.83. The average molecular weight is 318 g/mol. The van der Waals surface area contributed by atoms with E-state index in [2.05, 4.69) is 15.2 Å². The van der Waals surface area contributed by atoms with E-state index in [-0.39, 0.29) is 18.9 Å². The summed E-state index contributed by atoms with van der Waals surface area (Å²) in [5.74, 6) is 0.405. The number of pyridine rings is 1. The van der Waals surface area contributed by atoms with Gasteiger partial charge in [0.15, 0.2) is 5.82 Å². The minimum atomic E-state index is -4.48. The van der Waals surface area contributed by atoms with Gasteiger partial charge in [-0.15, -0.1) is 21.8 Å². The largest absolute Gasteiger partial charge is 0.451 e. The zero-order valence-corrected chi connectivity index (χ0v) is 11.6. The molecule has 112 valence electrons. The molecule has 21 heavy (non-hydrogen) atoms. The van der Waals surface area contributed by atoms with Gasteiger partial charge < -0.3 is 9.47 Å². The molecule has 0 fully saturated rings. The van der Waals surface area contributed by atoms with E-state index in [1.807, 2.05) is 11.0 Å². The molecule has 0 saturated heterocycles. The van der Waals surface area contributed by atoms with Gasteiger partial charge in [0.05, 0.1) is 6.54 Å². The minimum absolute atomic E-state index is 0.177. The van der Waals surface area contributed by atoms with Gasteiger partial charge in [-0.25, -0.2) is 4.98 Å². The number of alkyl halides is 4. The van der Waals surface area contributed by atoms with Crippen LogP contribution in [0.4, 0.5) is 19.0 Å². The van der Waals surface area contributed by atoms with Crippen LogP contribution in [0, 0.1) is 0 Å². The van der Waals surface area contributed by atoms with Crippen LogP contribution in [0.15, 0.2) is 18.3 Å². The van der Waals surface area contributed by atoms with Gasteiger partial charge in [0.25, 0.3) is 0 Å². The summed E-state index contributed by atoms with van der Waals surface area (Å²) in [4.78, 5) is 6.13. The van der Waals surface area contributed by atoms with Gasteiger partial charge in [-0.2, -0.15) is 13.2 Å². The van der Waals surface area contributed by atoms with E-state index in [4.69, 9.17) is 11.6 Å². The molecule has 0 unspecified atom stereocenters. The molecular weight excluding hydrogens is 307 g/mol. The molecule has 0 spiro atoms. The molecule has 5 nitrogen and oxygen atoms in total. The highest BCUT2D eigenvalue weighted by Gasteiger charge is 2.39. The van der Waals surface area contributed by atoms with Crippen LogP contribution < -0.4 is 4.90 Å². The average Bonchev–Trinajstić information content (AvgIpc) is 2.90. The molecule has 9 heteroatoms. The number of anilines is 1. The Balaban J connectivity index is 1.83. The van der Waals surface area contributed by atoms with E-state index in [1.54, 1.807) is 12.3 Å². The van der Waals surface area contributed by atoms with Crippen LogP contribution >= 0.6 is 11.6 Å². The molecule has 1 aliphatic heterocycles. The van der Waals surface area contributed by atoms with E-state index < -0.39 is 12.0 Å². The molecule has 2 aromatic heterocycles. The molecule has 0 saturated carbocycles. The van der Waals surface area contributed by atoms with Crippen LogP contribution in [0.25, 0.3) is 0 Å². The molecule has 0 N–H and O–H groups in total. The predicted molar refractivity (Wildman–Crippen MR) is 69.9 cm³/mol. The Labute approximate surface area is 123 Å². The Morgan fingerprint density at radius 2 is 2.00 bits per heavy atom. The molecule has 3 heterocycles. The summed E-state index contributed by atoms with van der Waals surface area (Å²) >= 11 is 5.70. The van der Waals surface area contributed by atoms with Crippen molar-refractivity contribution in [1.29, 1.82) is 0 Å². The number of fused-ring (bicyclic) bond motifs is 1. The molecule has 2 aromatic rings. The molecular formula is C12H11ClF3N5. The molecule has 0 atom stereocenters. The van der Waals surface area contributed by atoms with Crippen molar-refractivity contribution in [3.05, 3.63) is 35.5 Å². The number of hydrogen-bond donors (Lipinski definition) is 0. The lowest BCUT2D eigenvalue weighted by Crippen LogP contribution is -2.35. The second kappa shape index (κ2) is 5.18. The summed E-state index contributed by atoms with van der Waals surface area (Å²) in [6.45, 7) is 0.841. The first-order valence-corrected chi connectivity index (χ1v) is 6.77. The van der Waals surface area contributed by atoms with Crippen molar-refractivity contribution in [1.82, 2.24) is 19.7 Å². The monoisotopic (exact) mass is 317 g/mol. The van der Waals surface area contributed by atoms with Crippen LogP contribution in [-0.4, -0.2) is 26.3 Å². The molecule has 1 aliphatic rings. The lowest BCUT2D eigenvalue weighted by molar-refractivity contribution is -0.147. The number of nitrogens with zero attached hydrogens (tertiary/aromatic N) is 5. The Morgan fingerprint density at radius 1 is 1.19 bits per heavy atom. The van der Waals surface area contributed by atoms with Crippen LogP contribution in [0.5, 0.6) is 0 Å². The maximum Gasteiger partial charge on any atom is 0.451 e. The predicted octanol–water partition coefficient (Wildman–Crippen LogP) is 2.45. The maximum atomic E-state index is 12.8. The van der Waals surface area contributed by atoms with Crippen molar-refractivity contribution < 1.29 is 13.2 Å². The maximum absolute atomic E-state index is 12.8. The van der Waals surface area contributed by atoms with Crippen molar-refractivity contribution in [3.8, 4) is 0 Å². The van der Waals surface area contributed by atoms with Crippen molar-refractivity contribution >= 4 is 17.4 Å². The van der Waals surface area contributed by atoms with Crippen LogP contribution in [0.3, 0.4) is 0 Å². The molecule has 0 aromatic carbocycles. The zero-order chi connectivity index (χ0) is 15.0. The van der Waals surface area contributed by atoms with Gasteiger partial charge in [-0.3, -0.25) is 0 Å². The van der Waals surface area contributed by atoms with E-state index in [1.165, 1.54) is 0 Å². The number of halogens is 4. The van der Waals surface area contributed by atoms with E-state index in [0.29, 0.717) is 18.2 Å². The third-order valence-electron chi connectivity index (χ3n) is 3.29. The SMILES string of the molecule is FC(F)(F)c1nnc2n1CCN(c1ccc(CCl)cn1)C2. The molecule has 0 aliphatic carbocycles.